The Morgan fingerprint density at radius 2 is 1.92 bits per heavy atom. The van der Waals surface area contributed by atoms with Gasteiger partial charge in [0, 0.05) is 6.04 Å². The molecule has 3 rings (SSSR count). The third kappa shape index (κ3) is 4.41. The van der Waals surface area contributed by atoms with Crippen LogP contribution in [-0.2, 0) is 6.61 Å². The maximum Gasteiger partial charge on any atom is 0.274 e. The van der Waals surface area contributed by atoms with Gasteiger partial charge in [-0.2, -0.15) is 0 Å². The van der Waals surface area contributed by atoms with Crippen molar-refractivity contribution in [2.24, 2.45) is 0 Å². The van der Waals surface area contributed by atoms with Crippen LogP contribution in [0.4, 0.5) is 0 Å². The summed E-state index contributed by atoms with van der Waals surface area (Å²) in [7, 11) is 0. The number of hydrogen-bond donors (Lipinski definition) is 1. The van der Waals surface area contributed by atoms with Crippen LogP contribution in [0.5, 0.6) is 5.75 Å². The highest BCUT2D eigenvalue weighted by atomic mass is 16.5. The molecule has 0 aliphatic heterocycles. The van der Waals surface area contributed by atoms with E-state index in [4.69, 9.17) is 9.26 Å². The first kappa shape index (κ1) is 17.5. The Morgan fingerprint density at radius 3 is 2.64 bits per heavy atom. The van der Waals surface area contributed by atoms with Gasteiger partial charge in [0.1, 0.15) is 18.1 Å². The highest BCUT2D eigenvalue weighted by Crippen LogP contribution is 2.22. The molecule has 1 fully saturated rings. The second kappa shape index (κ2) is 8.19. The molecular formula is C20H26N2O3. The summed E-state index contributed by atoms with van der Waals surface area (Å²) in [6, 6.07) is 8.05. The van der Waals surface area contributed by atoms with Crippen molar-refractivity contribution in [3.63, 3.8) is 0 Å². The van der Waals surface area contributed by atoms with Crippen LogP contribution in [0.2, 0.25) is 0 Å². The summed E-state index contributed by atoms with van der Waals surface area (Å²) in [4.78, 5) is 12.6. The molecule has 0 saturated heterocycles. The highest BCUT2D eigenvalue weighted by molar-refractivity contribution is 5.94. The summed E-state index contributed by atoms with van der Waals surface area (Å²) in [5.74, 6) is 1.27. The number of ether oxygens (including phenoxy) is 1. The number of aryl methyl sites for hydroxylation is 2. The van der Waals surface area contributed by atoms with Gasteiger partial charge < -0.3 is 14.6 Å². The lowest BCUT2D eigenvalue weighted by Crippen LogP contribution is -2.35. The molecule has 0 atom stereocenters. The average Bonchev–Trinajstić information content (AvgIpc) is 2.80. The minimum atomic E-state index is -0.160. The van der Waals surface area contributed by atoms with Crippen LogP contribution in [0.25, 0.3) is 0 Å². The van der Waals surface area contributed by atoms with Crippen molar-refractivity contribution in [1.29, 1.82) is 0 Å². The number of para-hydroxylation sites is 1. The van der Waals surface area contributed by atoms with Crippen molar-refractivity contribution in [3.05, 3.63) is 46.8 Å². The normalized spacial score (nSPS) is 15.6. The van der Waals surface area contributed by atoms with Gasteiger partial charge in [-0.15, -0.1) is 0 Å². The number of amides is 1. The van der Waals surface area contributed by atoms with E-state index in [0.717, 1.165) is 29.7 Å². The van der Waals surface area contributed by atoms with Crippen molar-refractivity contribution in [2.75, 3.05) is 0 Å². The van der Waals surface area contributed by atoms with Gasteiger partial charge in [-0.1, -0.05) is 49.0 Å². The van der Waals surface area contributed by atoms with Gasteiger partial charge in [-0.05, 0) is 38.3 Å². The number of hydrogen-bond acceptors (Lipinski definition) is 4. The standard InChI is InChI=1S/C20H26N2O3/c1-14-9-7-8-12-18(14)24-13-17-15(2)25-22-19(17)20(23)21-16-10-5-3-4-6-11-16/h7-9,12,16H,3-6,10-11,13H2,1-2H3,(H,21,23). The predicted molar refractivity (Wildman–Crippen MR) is 95.7 cm³/mol. The molecule has 1 aromatic heterocycles. The summed E-state index contributed by atoms with van der Waals surface area (Å²) < 4.78 is 11.1. The minimum Gasteiger partial charge on any atom is -0.488 e. The molecule has 0 bridgehead atoms. The molecule has 1 heterocycles. The smallest absolute Gasteiger partial charge is 0.274 e. The molecule has 0 spiro atoms. The Balaban J connectivity index is 1.68. The predicted octanol–water partition coefficient (Wildman–Crippen LogP) is 4.32. The number of nitrogens with zero attached hydrogens (tertiary/aromatic N) is 1. The van der Waals surface area contributed by atoms with Crippen LogP contribution in [0.3, 0.4) is 0 Å². The van der Waals surface area contributed by atoms with Gasteiger partial charge in [-0.3, -0.25) is 4.79 Å². The Bertz CT molecular complexity index is 715. The number of nitrogens with one attached hydrogen (secondary N) is 1. The fourth-order valence-corrected chi connectivity index (χ4v) is 3.29. The Labute approximate surface area is 148 Å². The molecule has 5 heteroatoms. The fraction of sp³-hybridized carbons (Fsp3) is 0.500. The van der Waals surface area contributed by atoms with Gasteiger partial charge >= 0.3 is 0 Å². The van der Waals surface area contributed by atoms with E-state index in [1.807, 2.05) is 38.1 Å². The van der Waals surface area contributed by atoms with E-state index in [2.05, 4.69) is 10.5 Å². The Morgan fingerprint density at radius 1 is 1.20 bits per heavy atom. The van der Waals surface area contributed by atoms with E-state index >= 15 is 0 Å². The molecule has 1 saturated carbocycles. The number of rotatable bonds is 5. The van der Waals surface area contributed by atoms with Gasteiger partial charge in [0.05, 0.1) is 5.56 Å². The van der Waals surface area contributed by atoms with Crippen LogP contribution >= 0.6 is 0 Å². The lowest BCUT2D eigenvalue weighted by molar-refractivity contribution is 0.0922. The average molecular weight is 342 g/mol. The van der Waals surface area contributed by atoms with Crippen LogP contribution in [0.15, 0.2) is 28.8 Å². The van der Waals surface area contributed by atoms with Crippen molar-refractivity contribution >= 4 is 5.91 Å². The Hall–Kier alpha value is -2.30. The van der Waals surface area contributed by atoms with Gasteiger partial charge in [0.2, 0.25) is 0 Å². The molecule has 2 aromatic rings. The molecule has 5 nitrogen and oxygen atoms in total. The van der Waals surface area contributed by atoms with E-state index in [9.17, 15) is 4.79 Å². The van der Waals surface area contributed by atoms with Gasteiger partial charge in [0.25, 0.3) is 5.91 Å². The molecule has 0 unspecified atom stereocenters. The number of carbonyl (C=O) groups excluding carboxylic acids is 1. The van der Waals surface area contributed by atoms with E-state index < -0.39 is 0 Å². The topological polar surface area (TPSA) is 64.4 Å². The monoisotopic (exact) mass is 342 g/mol. The van der Waals surface area contributed by atoms with Gasteiger partial charge in [0.15, 0.2) is 5.69 Å². The lowest BCUT2D eigenvalue weighted by atomic mass is 10.1. The van der Waals surface area contributed by atoms with E-state index in [-0.39, 0.29) is 18.6 Å². The number of carbonyl (C=O) groups is 1. The summed E-state index contributed by atoms with van der Waals surface area (Å²) in [5, 5.41) is 7.09. The van der Waals surface area contributed by atoms with Crippen LogP contribution in [0, 0.1) is 13.8 Å². The highest BCUT2D eigenvalue weighted by Gasteiger charge is 2.23. The van der Waals surface area contributed by atoms with Crippen molar-refractivity contribution < 1.29 is 14.1 Å². The first-order chi connectivity index (χ1) is 12.1. The first-order valence-corrected chi connectivity index (χ1v) is 9.09. The van der Waals surface area contributed by atoms with Crippen LogP contribution < -0.4 is 10.1 Å². The molecule has 1 aliphatic rings. The number of benzene rings is 1. The third-order valence-electron chi connectivity index (χ3n) is 4.86. The van der Waals surface area contributed by atoms with Crippen molar-refractivity contribution in [2.45, 2.75) is 65.0 Å². The second-order valence-electron chi connectivity index (χ2n) is 6.78. The maximum absolute atomic E-state index is 12.6. The van der Waals surface area contributed by atoms with Crippen LogP contribution in [0.1, 0.15) is 65.9 Å². The molecule has 1 N–H and O–H groups in total. The van der Waals surface area contributed by atoms with E-state index in [1.54, 1.807) is 0 Å². The summed E-state index contributed by atoms with van der Waals surface area (Å²) in [6.45, 7) is 4.08. The summed E-state index contributed by atoms with van der Waals surface area (Å²) in [6.07, 6.45) is 6.93. The number of aromatic nitrogens is 1. The zero-order valence-corrected chi connectivity index (χ0v) is 15.0. The maximum atomic E-state index is 12.6. The quantitative estimate of drug-likeness (QED) is 0.822. The molecular weight excluding hydrogens is 316 g/mol. The molecule has 25 heavy (non-hydrogen) atoms. The minimum absolute atomic E-state index is 0.160. The molecule has 134 valence electrons. The Kier molecular flexibility index (Phi) is 5.74. The van der Waals surface area contributed by atoms with E-state index in [0.29, 0.717) is 11.5 Å². The summed E-state index contributed by atoms with van der Waals surface area (Å²) >= 11 is 0. The van der Waals surface area contributed by atoms with Crippen molar-refractivity contribution in [3.8, 4) is 5.75 Å². The fourth-order valence-electron chi connectivity index (χ4n) is 3.29. The second-order valence-corrected chi connectivity index (χ2v) is 6.78. The van der Waals surface area contributed by atoms with Gasteiger partial charge in [-0.25, -0.2) is 0 Å². The van der Waals surface area contributed by atoms with Crippen molar-refractivity contribution in [1.82, 2.24) is 10.5 Å². The molecule has 1 aromatic carbocycles. The SMILES string of the molecule is Cc1ccccc1OCc1c(C(=O)NC2CCCCCC2)noc1C. The molecule has 1 amide bonds. The molecule has 1 aliphatic carbocycles. The summed E-state index contributed by atoms with van der Waals surface area (Å²) in [5.41, 5.74) is 2.12. The first-order valence-electron chi connectivity index (χ1n) is 9.09. The molecule has 0 radical (unpaired) electrons. The zero-order valence-electron chi connectivity index (χ0n) is 15.0. The van der Waals surface area contributed by atoms with Crippen LogP contribution in [-0.4, -0.2) is 17.1 Å². The zero-order chi connectivity index (χ0) is 17.6. The largest absolute Gasteiger partial charge is 0.488 e. The third-order valence-corrected chi connectivity index (χ3v) is 4.86. The van der Waals surface area contributed by atoms with E-state index in [1.165, 1.54) is 25.7 Å². The lowest BCUT2D eigenvalue weighted by Gasteiger charge is -2.15.